The number of benzene rings is 2. The Kier molecular flexibility index (Phi) is 6.91. The van der Waals surface area contributed by atoms with Crippen molar-refractivity contribution < 1.29 is 28.4 Å². The molecule has 0 spiro atoms. The van der Waals surface area contributed by atoms with E-state index in [1.165, 1.54) is 0 Å². The van der Waals surface area contributed by atoms with Crippen molar-refractivity contribution in [2.75, 3.05) is 11.9 Å². The van der Waals surface area contributed by atoms with Gasteiger partial charge in [-0.15, -0.1) is 0 Å². The number of nitrogens with zero attached hydrogens (tertiary/aromatic N) is 1. The first-order valence-corrected chi connectivity index (χ1v) is 9.66. The van der Waals surface area contributed by atoms with Gasteiger partial charge in [-0.2, -0.15) is 4.39 Å². The second kappa shape index (κ2) is 9.79. The molecule has 9 nitrogen and oxygen atoms in total. The van der Waals surface area contributed by atoms with Crippen molar-refractivity contribution in [3.8, 4) is 0 Å². The number of esters is 1. The minimum absolute atomic E-state index is 0.110. The van der Waals surface area contributed by atoms with Crippen molar-refractivity contribution in [1.82, 2.24) is 5.32 Å². The van der Waals surface area contributed by atoms with Crippen LogP contribution in [0.2, 0.25) is 0 Å². The molecule has 0 unspecified atom stereocenters. The van der Waals surface area contributed by atoms with Crippen molar-refractivity contribution >= 4 is 29.2 Å². The predicted octanol–water partition coefficient (Wildman–Crippen LogP) is 3.20. The molecule has 1 fully saturated rings. The van der Waals surface area contributed by atoms with Crippen LogP contribution in [-0.4, -0.2) is 35.4 Å². The van der Waals surface area contributed by atoms with Gasteiger partial charge in [0.15, 0.2) is 6.61 Å². The molecule has 3 rings (SSSR count). The van der Waals surface area contributed by atoms with Crippen molar-refractivity contribution in [2.24, 2.45) is 0 Å². The molecule has 0 radical (unpaired) electrons. The quantitative estimate of drug-likeness (QED) is 0.395. The second-order valence-corrected chi connectivity index (χ2v) is 7.05. The number of para-hydroxylation sites is 1. The number of hydrogen-bond donors (Lipinski definition) is 2. The van der Waals surface area contributed by atoms with Crippen molar-refractivity contribution in [1.29, 1.82) is 0 Å². The molecule has 1 saturated carbocycles. The number of nitro groups is 1. The minimum Gasteiger partial charge on any atom is -0.452 e. The van der Waals surface area contributed by atoms with Gasteiger partial charge in [-0.3, -0.25) is 19.7 Å². The molecule has 0 bridgehead atoms. The van der Waals surface area contributed by atoms with Crippen LogP contribution >= 0.6 is 0 Å². The lowest BCUT2D eigenvalue weighted by atomic mass is 10.1. The molecule has 0 saturated heterocycles. The lowest BCUT2D eigenvalue weighted by molar-refractivity contribution is -0.387. The number of nitrogens with one attached hydrogen (secondary N) is 2. The van der Waals surface area contributed by atoms with E-state index in [0.717, 1.165) is 37.8 Å². The van der Waals surface area contributed by atoms with E-state index in [9.17, 15) is 28.9 Å². The molecule has 0 aliphatic heterocycles. The summed E-state index contributed by atoms with van der Waals surface area (Å²) in [6.45, 7) is -0.685. The Labute approximate surface area is 176 Å². The summed E-state index contributed by atoms with van der Waals surface area (Å²) in [5.74, 6) is -3.21. The molecule has 162 valence electrons. The molecule has 2 aromatic rings. The van der Waals surface area contributed by atoms with Gasteiger partial charge in [0, 0.05) is 12.1 Å². The van der Waals surface area contributed by atoms with Crippen LogP contribution in [0, 0.1) is 15.9 Å². The maximum absolute atomic E-state index is 13.6. The van der Waals surface area contributed by atoms with Crippen molar-refractivity contribution in [2.45, 2.75) is 31.7 Å². The standard InChI is InChI=1S/C21H20FN3O6/c22-16-11-13(9-10-18(16)25(29)30)21(28)31-12-19(26)24-17-8-4-3-7-15(17)20(27)23-14-5-1-2-6-14/h3-4,7-11,14H,1-2,5-6,12H2,(H,23,27)(H,24,26). The molecule has 10 heteroatoms. The fourth-order valence-corrected chi connectivity index (χ4v) is 3.31. The van der Waals surface area contributed by atoms with E-state index in [0.29, 0.717) is 6.07 Å². The lowest BCUT2D eigenvalue weighted by Gasteiger charge is -2.15. The molecular weight excluding hydrogens is 409 g/mol. The Bertz CT molecular complexity index is 1020. The van der Waals surface area contributed by atoms with Gasteiger partial charge in [0.2, 0.25) is 5.82 Å². The second-order valence-electron chi connectivity index (χ2n) is 7.05. The third kappa shape index (κ3) is 5.62. The molecule has 31 heavy (non-hydrogen) atoms. The van der Waals surface area contributed by atoms with Crippen LogP contribution in [0.15, 0.2) is 42.5 Å². The van der Waals surface area contributed by atoms with Gasteiger partial charge >= 0.3 is 11.7 Å². The van der Waals surface area contributed by atoms with E-state index in [1.54, 1.807) is 24.3 Å². The van der Waals surface area contributed by atoms with Gasteiger partial charge in [-0.1, -0.05) is 25.0 Å². The number of nitro benzene ring substituents is 1. The Morgan fingerprint density at radius 1 is 1.13 bits per heavy atom. The molecule has 0 atom stereocenters. The highest BCUT2D eigenvalue weighted by Crippen LogP contribution is 2.21. The summed E-state index contributed by atoms with van der Waals surface area (Å²) in [5.41, 5.74) is -0.499. The lowest BCUT2D eigenvalue weighted by Crippen LogP contribution is -2.33. The minimum atomic E-state index is -1.19. The van der Waals surface area contributed by atoms with Gasteiger partial charge in [0.05, 0.1) is 21.7 Å². The average molecular weight is 429 g/mol. The highest BCUT2D eigenvalue weighted by atomic mass is 19.1. The number of ether oxygens (including phenoxy) is 1. The Balaban J connectivity index is 1.58. The van der Waals surface area contributed by atoms with Crippen LogP contribution < -0.4 is 10.6 Å². The maximum atomic E-state index is 13.6. The van der Waals surface area contributed by atoms with E-state index in [1.807, 2.05) is 0 Å². The molecule has 2 N–H and O–H groups in total. The third-order valence-electron chi connectivity index (χ3n) is 4.85. The maximum Gasteiger partial charge on any atom is 0.338 e. The largest absolute Gasteiger partial charge is 0.452 e. The van der Waals surface area contributed by atoms with Crippen molar-refractivity contribution in [3.63, 3.8) is 0 Å². The van der Waals surface area contributed by atoms with E-state index in [2.05, 4.69) is 10.6 Å². The van der Waals surface area contributed by atoms with E-state index in [4.69, 9.17) is 4.74 Å². The molecule has 1 aliphatic carbocycles. The van der Waals surface area contributed by atoms with Gasteiger partial charge < -0.3 is 15.4 Å². The summed E-state index contributed by atoms with van der Waals surface area (Å²) in [6, 6.07) is 9.09. The fourth-order valence-electron chi connectivity index (χ4n) is 3.31. The van der Waals surface area contributed by atoms with Crippen LogP contribution in [0.25, 0.3) is 0 Å². The number of halogens is 1. The van der Waals surface area contributed by atoms with Gasteiger partial charge in [-0.25, -0.2) is 4.79 Å². The Hall–Kier alpha value is -3.82. The number of amides is 2. The first-order valence-electron chi connectivity index (χ1n) is 9.66. The molecule has 0 heterocycles. The Morgan fingerprint density at radius 2 is 1.84 bits per heavy atom. The van der Waals surface area contributed by atoms with Crippen LogP contribution in [0.5, 0.6) is 0 Å². The zero-order chi connectivity index (χ0) is 22.4. The van der Waals surface area contributed by atoms with Gasteiger partial charge in [0.1, 0.15) is 0 Å². The number of hydrogen-bond acceptors (Lipinski definition) is 6. The van der Waals surface area contributed by atoms with Crippen molar-refractivity contribution in [3.05, 3.63) is 69.5 Å². The number of carbonyl (C=O) groups excluding carboxylic acids is 3. The van der Waals surface area contributed by atoms with Crippen LogP contribution in [0.4, 0.5) is 15.8 Å². The fraction of sp³-hybridized carbons (Fsp3) is 0.286. The third-order valence-corrected chi connectivity index (χ3v) is 4.85. The summed E-state index contributed by atoms with van der Waals surface area (Å²) >= 11 is 0. The Morgan fingerprint density at radius 3 is 2.52 bits per heavy atom. The summed E-state index contributed by atoms with van der Waals surface area (Å²) in [6.07, 6.45) is 3.96. The van der Waals surface area contributed by atoms with E-state index >= 15 is 0 Å². The molecule has 2 aromatic carbocycles. The van der Waals surface area contributed by atoms with E-state index < -0.39 is 34.9 Å². The topological polar surface area (TPSA) is 128 Å². The zero-order valence-electron chi connectivity index (χ0n) is 16.4. The highest BCUT2D eigenvalue weighted by Gasteiger charge is 2.21. The SMILES string of the molecule is O=C(COC(=O)c1ccc([N+](=O)[O-])c(F)c1)Nc1ccccc1C(=O)NC1CCCC1. The highest BCUT2D eigenvalue weighted by molar-refractivity contribution is 6.04. The monoisotopic (exact) mass is 429 g/mol. The van der Waals surface area contributed by atoms with E-state index in [-0.39, 0.29) is 28.8 Å². The first kappa shape index (κ1) is 21.9. The molecule has 1 aliphatic rings. The zero-order valence-corrected chi connectivity index (χ0v) is 16.4. The van der Waals surface area contributed by atoms with Gasteiger partial charge in [0.25, 0.3) is 11.8 Å². The normalized spacial score (nSPS) is 13.5. The van der Waals surface area contributed by atoms with Crippen LogP contribution in [-0.2, 0) is 9.53 Å². The predicted molar refractivity (Wildman–Crippen MR) is 108 cm³/mol. The smallest absolute Gasteiger partial charge is 0.338 e. The number of anilines is 1. The number of carbonyl (C=O) groups is 3. The molecule has 2 amide bonds. The van der Waals surface area contributed by atoms with Gasteiger partial charge in [-0.05, 0) is 37.1 Å². The summed E-state index contributed by atoms with van der Waals surface area (Å²) < 4.78 is 18.5. The van der Waals surface area contributed by atoms with Crippen LogP contribution in [0.1, 0.15) is 46.4 Å². The average Bonchev–Trinajstić information content (AvgIpc) is 3.25. The molecular formula is C21H20FN3O6. The number of rotatable bonds is 7. The summed E-state index contributed by atoms with van der Waals surface area (Å²) in [7, 11) is 0. The van der Waals surface area contributed by atoms with Crippen LogP contribution in [0.3, 0.4) is 0 Å². The first-order chi connectivity index (χ1) is 14.8. The summed E-state index contributed by atoms with van der Waals surface area (Å²) in [5, 5.41) is 16.1. The summed E-state index contributed by atoms with van der Waals surface area (Å²) in [4.78, 5) is 46.4. The molecule has 0 aromatic heterocycles.